The second-order valence-electron chi connectivity index (χ2n) is 6.70. The molecular formula is C21H21ClN2O6S. The summed E-state index contributed by atoms with van der Waals surface area (Å²) in [4.78, 5) is 12.3. The third-order valence-corrected chi connectivity index (χ3v) is 6.27. The molecule has 0 amide bonds. The van der Waals surface area contributed by atoms with Crippen LogP contribution >= 0.6 is 11.6 Å². The SMILES string of the molecule is COc1ccc(C(=O)OCc2c(C)noc2C)cc1S(=O)(=O)NCc1ccc(Cl)cc1. The molecule has 0 aliphatic carbocycles. The van der Waals surface area contributed by atoms with E-state index in [1.165, 1.54) is 25.3 Å². The Labute approximate surface area is 185 Å². The van der Waals surface area contributed by atoms with E-state index in [4.69, 9.17) is 25.6 Å². The number of rotatable bonds is 8. The van der Waals surface area contributed by atoms with Crippen molar-refractivity contribution in [3.05, 3.63) is 75.6 Å². The van der Waals surface area contributed by atoms with Crippen LogP contribution in [-0.2, 0) is 27.9 Å². The van der Waals surface area contributed by atoms with Crippen LogP contribution in [0.15, 0.2) is 51.9 Å². The van der Waals surface area contributed by atoms with Crippen LogP contribution in [0.5, 0.6) is 5.75 Å². The second-order valence-corrected chi connectivity index (χ2v) is 8.87. The lowest BCUT2D eigenvalue weighted by atomic mass is 10.2. The molecule has 10 heteroatoms. The minimum atomic E-state index is -3.98. The number of carbonyl (C=O) groups is 1. The monoisotopic (exact) mass is 464 g/mol. The van der Waals surface area contributed by atoms with Crippen molar-refractivity contribution in [2.24, 2.45) is 0 Å². The zero-order valence-corrected chi connectivity index (χ0v) is 18.7. The molecule has 0 fully saturated rings. The van der Waals surface area contributed by atoms with Crippen LogP contribution in [0.1, 0.15) is 32.9 Å². The average molecular weight is 465 g/mol. The van der Waals surface area contributed by atoms with E-state index in [0.717, 1.165) is 5.56 Å². The van der Waals surface area contributed by atoms with Gasteiger partial charge in [-0.15, -0.1) is 0 Å². The first-order chi connectivity index (χ1) is 14.7. The molecule has 8 nitrogen and oxygen atoms in total. The topological polar surface area (TPSA) is 108 Å². The summed E-state index contributed by atoms with van der Waals surface area (Å²) in [5.41, 5.74) is 2.08. The molecule has 0 aliphatic heterocycles. The Morgan fingerprint density at radius 1 is 1.16 bits per heavy atom. The number of carbonyl (C=O) groups excluding carboxylic acids is 1. The number of aromatic nitrogens is 1. The van der Waals surface area contributed by atoms with Crippen LogP contribution in [0.25, 0.3) is 0 Å². The van der Waals surface area contributed by atoms with Crippen molar-refractivity contribution >= 4 is 27.6 Å². The molecule has 0 spiro atoms. The molecule has 1 aromatic heterocycles. The number of nitrogens with one attached hydrogen (secondary N) is 1. The highest BCUT2D eigenvalue weighted by atomic mass is 35.5. The first kappa shape index (κ1) is 22.8. The van der Waals surface area contributed by atoms with Gasteiger partial charge >= 0.3 is 5.97 Å². The number of benzene rings is 2. The van der Waals surface area contributed by atoms with E-state index in [0.29, 0.717) is 22.0 Å². The zero-order chi connectivity index (χ0) is 22.6. The van der Waals surface area contributed by atoms with Gasteiger partial charge in [-0.25, -0.2) is 17.9 Å². The maximum absolute atomic E-state index is 12.9. The number of esters is 1. The number of ether oxygens (including phenoxy) is 2. The van der Waals surface area contributed by atoms with Crippen LogP contribution in [0, 0.1) is 13.8 Å². The van der Waals surface area contributed by atoms with Crippen LogP contribution in [0.2, 0.25) is 5.02 Å². The molecule has 3 rings (SSSR count). The summed E-state index contributed by atoms with van der Waals surface area (Å²) in [6.45, 7) is 3.46. The van der Waals surface area contributed by atoms with Crippen molar-refractivity contribution in [2.75, 3.05) is 7.11 Å². The lowest BCUT2D eigenvalue weighted by Gasteiger charge is -2.12. The summed E-state index contributed by atoms with van der Waals surface area (Å²) in [6, 6.07) is 10.8. The van der Waals surface area contributed by atoms with E-state index >= 15 is 0 Å². The van der Waals surface area contributed by atoms with E-state index in [9.17, 15) is 13.2 Å². The highest BCUT2D eigenvalue weighted by molar-refractivity contribution is 7.89. The van der Waals surface area contributed by atoms with Gasteiger partial charge in [-0.3, -0.25) is 0 Å². The molecule has 3 aromatic rings. The molecule has 1 heterocycles. The van der Waals surface area contributed by atoms with Gasteiger partial charge in [0.1, 0.15) is 23.0 Å². The average Bonchev–Trinajstić information content (AvgIpc) is 3.08. The summed E-state index contributed by atoms with van der Waals surface area (Å²) >= 11 is 5.85. The maximum atomic E-state index is 12.9. The van der Waals surface area contributed by atoms with Crippen LogP contribution in [0.3, 0.4) is 0 Å². The fourth-order valence-corrected chi connectivity index (χ4v) is 4.14. The molecule has 0 saturated carbocycles. The molecular weight excluding hydrogens is 444 g/mol. The maximum Gasteiger partial charge on any atom is 0.338 e. The molecule has 0 radical (unpaired) electrons. The van der Waals surface area contributed by atoms with Crippen molar-refractivity contribution in [3.8, 4) is 5.75 Å². The molecule has 0 aliphatic rings. The predicted octanol–water partition coefficient (Wildman–Crippen LogP) is 3.79. The number of sulfonamides is 1. The van der Waals surface area contributed by atoms with Crippen molar-refractivity contribution < 1.29 is 27.2 Å². The van der Waals surface area contributed by atoms with Crippen LogP contribution < -0.4 is 9.46 Å². The van der Waals surface area contributed by atoms with Crippen molar-refractivity contribution in [3.63, 3.8) is 0 Å². The molecule has 164 valence electrons. The van der Waals surface area contributed by atoms with E-state index in [1.54, 1.807) is 38.1 Å². The van der Waals surface area contributed by atoms with Crippen LogP contribution in [-0.4, -0.2) is 26.7 Å². The number of methoxy groups -OCH3 is 1. The van der Waals surface area contributed by atoms with Gasteiger partial charge in [0.25, 0.3) is 0 Å². The molecule has 2 aromatic carbocycles. The Hall–Kier alpha value is -2.88. The summed E-state index contributed by atoms with van der Waals surface area (Å²) in [6.07, 6.45) is 0. The van der Waals surface area contributed by atoms with E-state index in [1.807, 2.05) is 0 Å². The van der Waals surface area contributed by atoms with E-state index < -0.39 is 16.0 Å². The van der Waals surface area contributed by atoms with Crippen molar-refractivity contribution in [1.82, 2.24) is 9.88 Å². The Balaban J connectivity index is 1.78. The Bertz CT molecular complexity index is 1170. The predicted molar refractivity (Wildman–Crippen MR) is 114 cm³/mol. The molecule has 0 unspecified atom stereocenters. The van der Waals surface area contributed by atoms with Gasteiger partial charge in [-0.1, -0.05) is 28.9 Å². The Kier molecular flexibility index (Phi) is 6.99. The lowest BCUT2D eigenvalue weighted by Crippen LogP contribution is -2.24. The number of nitrogens with zero attached hydrogens (tertiary/aromatic N) is 1. The van der Waals surface area contributed by atoms with Gasteiger partial charge in [-0.2, -0.15) is 0 Å². The van der Waals surface area contributed by atoms with Crippen molar-refractivity contribution in [1.29, 1.82) is 0 Å². The zero-order valence-electron chi connectivity index (χ0n) is 17.1. The summed E-state index contributed by atoms with van der Waals surface area (Å²) < 4.78 is 43.8. The van der Waals surface area contributed by atoms with Gasteiger partial charge in [0, 0.05) is 11.6 Å². The van der Waals surface area contributed by atoms with Crippen molar-refractivity contribution in [2.45, 2.75) is 31.9 Å². The quantitative estimate of drug-likeness (QED) is 0.505. The molecule has 0 atom stereocenters. The third kappa shape index (κ3) is 5.43. The molecule has 31 heavy (non-hydrogen) atoms. The smallest absolute Gasteiger partial charge is 0.338 e. The Morgan fingerprint density at radius 2 is 1.87 bits per heavy atom. The largest absolute Gasteiger partial charge is 0.495 e. The van der Waals surface area contributed by atoms with Gasteiger partial charge in [0.2, 0.25) is 10.0 Å². The van der Waals surface area contributed by atoms with Gasteiger partial charge in [-0.05, 0) is 49.7 Å². The van der Waals surface area contributed by atoms with E-state index in [-0.39, 0.29) is 29.4 Å². The fraction of sp³-hybridized carbons (Fsp3) is 0.238. The molecule has 0 saturated heterocycles. The minimum absolute atomic E-state index is 0.0388. The first-order valence-electron chi connectivity index (χ1n) is 9.22. The number of halogens is 1. The normalized spacial score (nSPS) is 11.4. The van der Waals surface area contributed by atoms with Gasteiger partial charge in [0.15, 0.2) is 0 Å². The number of hydrogen-bond acceptors (Lipinski definition) is 7. The van der Waals surface area contributed by atoms with Crippen LogP contribution in [0.4, 0.5) is 0 Å². The van der Waals surface area contributed by atoms with Gasteiger partial charge < -0.3 is 14.0 Å². The number of aryl methyl sites for hydroxylation is 2. The third-order valence-electron chi connectivity index (χ3n) is 4.60. The molecule has 0 bridgehead atoms. The number of hydrogen-bond donors (Lipinski definition) is 1. The Morgan fingerprint density at radius 3 is 2.48 bits per heavy atom. The fourth-order valence-electron chi connectivity index (χ4n) is 2.80. The summed E-state index contributed by atoms with van der Waals surface area (Å²) in [7, 11) is -2.63. The minimum Gasteiger partial charge on any atom is -0.495 e. The molecule has 1 N–H and O–H groups in total. The second kappa shape index (κ2) is 9.51. The summed E-state index contributed by atoms with van der Waals surface area (Å²) in [5, 5.41) is 4.36. The highest BCUT2D eigenvalue weighted by Gasteiger charge is 2.22. The lowest BCUT2D eigenvalue weighted by molar-refractivity contribution is 0.0470. The van der Waals surface area contributed by atoms with E-state index in [2.05, 4.69) is 9.88 Å². The first-order valence-corrected chi connectivity index (χ1v) is 11.1. The standard InChI is InChI=1S/C21H21ClN2O6S/c1-13-18(14(2)30-24-13)12-29-21(25)16-6-9-19(28-3)20(10-16)31(26,27)23-11-15-4-7-17(22)8-5-15/h4-10,23H,11-12H2,1-3H3. The highest BCUT2D eigenvalue weighted by Crippen LogP contribution is 2.26. The summed E-state index contributed by atoms with van der Waals surface area (Å²) in [5.74, 6) is -0.0302. The van der Waals surface area contributed by atoms with Gasteiger partial charge in [0.05, 0.1) is 23.9 Å².